The largest absolute Gasteiger partial charge is 0.350 e. The molecule has 1 aromatic carbocycles. The number of nitrogens with one attached hydrogen (secondary N) is 1. The van der Waals surface area contributed by atoms with E-state index >= 15 is 0 Å². The van der Waals surface area contributed by atoms with E-state index in [1.165, 1.54) is 4.90 Å². The van der Waals surface area contributed by atoms with Crippen molar-refractivity contribution in [3.63, 3.8) is 0 Å². The van der Waals surface area contributed by atoms with Crippen LogP contribution in [0.5, 0.6) is 0 Å². The molecule has 0 bridgehead atoms. The minimum atomic E-state index is -0.224. The zero-order chi connectivity index (χ0) is 19.7. The first kappa shape index (κ1) is 18.3. The maximum atomic E-state index is 12.5. The Balaban J connectivity index is 1.48. The molecule has 144 valence electrons. The van der Waals surface area contributed by atoms with E-state index in [0.29, 0.717) is 30.4 Å². The Morgan fingerprint density at radius 1 is 1.25 bits per heavy atom. The second-order valence-corrected chi connectivity index (χ2v) is 7.18. The van der Waals surface area contributed by atoms with Gasteiger partial charge >= 0.3 is 0 Å². The smallest absolute Gasteiger partial charge is 0.240 e. The topological polar surface area (TPSA) is 72.2 Å². The van der Waals surface area contributed by atoms with Gasteiger partial charge in [-0.15, -0.1) is 0 Å². The van der Waals surface area contributed by atoms with Crippen LogP contribution in [0, 0.1) is 0 Å². The molecule has 3 heterocycles. The molecule has 0 radical (unpaired) electrons. The Hall–Kier alpha value is -3.06. The van der Waals surface area contributed by atoms with Gasteiger partial charge in [0, 0.05) is 37.3 Å². The number of halogens is 1. The predicted octanol–water partition coefficient (Wildman–Crippen LogP) is 2.60. The Bertz CT molecular complexity index is 1020. The number of aromatic nitrogens is 3. The minimum absolute atomic E-state index is 0.0370. The molecule has 0 unspecified atom stereocenters. The van der Waals surface area contributed by atoms with Gasteiger partial charge in [-0.3, -0.25) is 14.5 Å². The lowest BCUT2D eigenvalue weighted by Gasteiger charge is -2.26. The molecular weight excluding hydrogens is 378 g/mol. The molecule has 0 aliphatic carbocycles. The molecule has 0 saturated carbocycles. The zero-order valence-electron chi connectivity index (χ0n) is 15.4. The van der Waals surface area contributed by atoms with Gasteiger partial charge < -0.3 is 9.88 Å². The Morgan fingerprint density at radius 2 is 2.04 bits per heavy atom. The Morgan fingerprint density at radius 3 is 2.75 bits per heavy atom. The third-order valence-electron chi connectivity index (χ3n) is 4.78. The summed E-state index contributed by atoms with van der Waals surface area (Å²) in [5, 5.41) is 8.11. The van der Waals surface area contributed by atoms with E-state index in [2.05, 4.69) is 10.4 Å². The van der Waals surface area contributed by atoms with Crippen molar-refractivity contribution in [2.24, 2.45) is 7.05 Å². The van der Waals surface area contributed by atoms with Crippen molar-refractivity contribution in [3.05, 3.63) is 59.2 Å². The lowest BCUT2D eigenvalue weighted by Crippen LogP contribution is -2.44. The second kappa shape index (κ2) is 7.52. The van der Waals surface area contributed by atoms with Gasteiger partial charge in [0.2, 0.25) is 11.8 Å². The van der Waals surface area contributed by atoms with E-state index in [1.807, 2.05) is 48.1 Å². The monoisotopic (exact) mass is 397 g/mol. The van der Waals surface area contributed by atoms with Gasteiger partial charge in [0.1, 0.15) is 18.1 Å². The molecule has 1 N–H and O–H groups in total. The fourth-order valence-corrected chi connectivity index (χ4v) is 3.40. The number of carbonyl (C=O) groups excluding carboxylic acids is 2. The van der Waals surface area contributed by atoms with E-state index < -0.39 is 0 Å². The average Bonchev–Trinajstić information content (AvgIpc) is 3.29. The molecule has 3 aromatic rings. The molecular formula is C20H20ClN5O2. The lowest BCUT2D eigenvalue weighted by molar-refractivity contribution is -0.124. The highest BCUT2D eigenvalue weighted by Gasteiger charge is 2.28. The summed E-state index contributed by atoms with van der Waals surface area (Å²) in [6.07, 6.45) is 2.27. The summed E-state index contributed by atoms with van der Waals surface area (Å²) in [4.78, 5) is 26.4. The average molecular weight is 398 g/mol. The van der Waals surface area contributed by atoms with Crippen LogP contribution in [0.3, 0.4) is 0 Å². The number of aryl methyl sites for hydroxylation is 2. The summed E-state index contributed by atoms with van der Waals surface area (Å²) < 4.78 is 3.76. The highest BCUT2D eigenvalue weighted by molar-refractivity contribution is 6.30. The molecule has 2 aromatic heterocycles. The normalized spacial score (nSPS) is 13.5. The molecule has 0 fully saturated rings. The number of carbonyl (C=O) groups is 2. The number of nitrogens with zero attached hydrogens (tertiary/aromatic N) is 4. The number of amides is 2. The van der Waals surface area contributed by atoms with Crippen LogP contribution in [-0.2, 0) is 29.7 Å². The summed E-state index contributed by atoms with van der Waals surface area (Å²) >= 11 is 5.87. The van der Waals surface area contributed by atoms with E-state index in [-0.39, 0.29) is 18.4 Å². The molecule has 0 atom stereocenters. The van der Waals surface area contributed by atoms with Crippen LogP contribution in [0.1, 0.15) is 12.0 Å². The maximum absolute atomic E-state index is 12.5. The van der Waals surface area contributed by atoms with Crippen molar-refractivity contribution >= 4 is 29.2 Å². The third kappa shape index (κ3) is 3.66. The Kier molecular flexibility index (Phi) is 4.92. The molecule has 4 rings (SSSR count). The van der Waals surface area contributed by atoms with Crippen molar-refractivity contribution < 1.29 is 9.59 Å². The Labute approximate surface area is 167 Å². The minimum Gasteiger partial charge on any atom is -0.350 e. The summed E-state index contributed by atoms with van der Waals surface area (Å²) in [6.45, 7) is 0.859. The first-order chi connectivity index (χ1) is 13.5. The van der Waals surface area contributed by atoms with Crippen molar-refractivity contribution in [1.29, 1.82) is 0 Å². The standard InChI is InChI=1S/C20H20ClN5O2/c1-24-9-2-3-17(24)16-11-19-25(20(28)8-10-26(19)23-16)13-18(27)22-12-14-4-6-15(21)7-5-14/h2-7,9,11H,8,10,12-13H2,1H3,(H,22,27). The van der Waals surface area contributed by atoms with Crippen LogP contribution in [0.15, 0.2) is 48.7 Å². The third-order valence-corrected chi connectivity index (χ3v) is 5.04. The molecule has 1 aliphatic rings. The quantitative estimate of drug-likeness (QED) is 0.719. The maximum Gasteiger partial charge on any atom is 0.240 e. The van der Waals surface area contributed by atoms with Gasteiger partial charge in [-0.05, 0) is 29.8 Å². The molecule has 1 aliphatic heterocycles. The fraction of sp³-hybridized carbons (Fsp3) is 0.250. The van der Waals surface area contributed by atoms with E-state index in [0.717, 1.165) is 17.0 Å². The van der Waals surface area contributed by atoms with Crippen LogP contribution in [-0.4, -0.2) is 32.7 Å². The van der Waals surface area contributed by atoms with Crippen LogP contribution < -0.4 is 10.2 Å². The molecule has 8 heteroatoms. The van der Waals surface area contributed by atoms with Gasteiger partial charge in [0.25, 0.3) is 0 Å². The van der Waals surface area contributed by atoms with Crippen LogP contribution >= 0.6 is 11.6 Å². The number of rotatable bonds is 5. The van der Waals surface area contributed by atoms with Gasteiger partial charge in [-0.2, -0.15) is 5.10 Å². The van der Waals surface area contributed by atoms with Gasteiger partial charge in [-0.25, -0.2) is 4.68 Å². The predicted molar refractivity (Wildman–Crippen MR) is 107 cm³/mol. The van der Waals surface area contributed by atoms with E-state index in [9.17, 15) is 9.59 Å². The highest BCUT2D eigenvalue weighted by atomic mass is 35.5. The number of hydrogen-bond acceptors (Lipinski definition) is 3. The first-order valence-corrected chi connectivity index (χ1v) is 9.40. The molecule has 28 heavy (non-hydrogen) atoms. The van der Waals surface area contributed by atoms with E-state index in [1.54, 1.807) is 16.8 Å². The number of fused-ring (bicyclic) bond motifs is 1. The van der Waals surface area contributed by atoms with E-state index in [4.69, 9.17) is 11.6 Å². The van der Waals surface area contributed by atoms with Crippen LogP contribution in [0.25, 0.3) is 11.4 Å². The molecule has 0 saturated heterocycles. The van der Waals surface area contributed by atoms with Crippen molar-refractivity contribution in [2.45, 2.75) is 19.5 Å². The summed E-state index contributed by atoms with van der Waals surface area (Å²) in [5.74, 6) is 0.347. The highest BCUT2D eigenvalue weighted by Crippen LogP contribution is 2.28. The van der Waals surface area contributed by atoms with Gasteiger partial charge in [0.05, 0.1) is 12.2 Å². The van der Waals surface area contributed by atoms with Gasteiger partial charge in [0.15, 0.2) is 0 Å². The van der Waals surface area contributed by atoms with Crippen molar-refractivity contribution in [2.75, 3.05) is 11.4 Å². The lowest BCUT2D eigenvalue weighted by atomic mass is 10.2. The van der Waals surface area contributed by atoms with Crippen molar-refractivity contribution in [1.82, 2.24) is 19.7 Å². The second-order valence-electron chi connectivity index (χ2n) is 6.75. The number of benzene rings is 1. The van der Waals surface area contributed by atoms with Crippen molar-refractivity contribution in [3.8, 4) is 11.4 Å². The van der Waals surface area contributed by atoms with Gasteiger partial charge in [-0.1, -0.05) is 23.7 Å². The molecule has 2 amide bonds. The summed E-state index contributed by atoms with van der Waals surface area (Å²) in [5.41, 5.74) is 2.68. The molecule has 7 nitrogen and oxygen atoms in total. The number of hydrogen-bond donors (Lipinski definition) is 1. The SMILES string of the molecule is Cn1cccc1-c1cc2n(n1)CCC(=O)N2CC(=O)NCc1ccc(Cl)cc1. The van der Waals surface area contributed by atoms with Crippen LogP contribution in [0.2, 0.25) is 5.02 Å². The summed E-state index contributed by atoms with van der Waals surface area (Å²) in [6, 6.07) is 13.0. The fourth-order valence-electron chi connectivity index (χ4n) is 3.28. The first-order valence-electron chi connectivity index (χ1n) is 9.02. The van der Waals surface area contributed by atoms with Crippen LogP contribution in [0.4, 0.5) is 5.82 Å². The number of anilines is 1. The summed E-state index contributed by atoms with van der Waals surface area (Å²) in [7, 11) is 1.95. The molecule has 0 spiro atoms. The zero-order valence-corrected chi connectivity index (χ0v) is 16.2.